The topological polar surface area (TPSA) is 82.6 Å². The second kappa shape index (κ2) is 11.5. The molecule has 0 aliphatic rings. The van der Waals surface area contributed by atoms with Gasteiger partial charge in [0.1, 0.15) is 5.75 Å². The van der Waals surface area contributed by atoms with E-state index in [1.807, 2.05) is 61.5 Å². The van der Waals surface area contributed by atoms with E-state index in [2.05, 4.69) is 14.7 Å². The van der Waals surface area contributed by atoms with Gasteiger partial charge in [0.15, 0.2) is 17.3 Å². The number of carbonyl (C=O) groups is 1. The maximum atomic E-state index is 12.7. The van der Waals surface area contributed by atoms with Crippen LogP contribution in [0.5, 0.6) is 22.4 Å². The van der Waals surface area contributed by atoms with Crippen molar-refractivity contribution in [2.45, 2.75) is 19.8 Å². The zero-order valence-corrected chi connectivity index (χ0v) is 20.7. The number of aromatic nitrogens is 2. The Morgan fingerprint density at radius 3 is 2.49 bits per heavy atom. The van der Waals surface area contributed by atoms with Crippen LogP contribution in [0.3, 0.4) is 0 Å². The van der Waals surface area contributed by atoms with E-state index >= 15 is 0 Å². The van der Waals surface area contributed by atoms with Crippen molar-refractivity contribution >= 4 is 17.4 Å². The minimum atomic E-state index is -0.169. The van der Waals surface area contributed by atoms with E-state index in [0.717, 1.165) is 16.7 Å². The number of carbonyl (C=O) groups excluding carboxylic acids is 1. The van der Waals surface area contributed by atoms with E-state index in [-0.39, 0.29) is 5.91 Å². The van der Waals surface area contributed by atoms with Gasteiger partial charge >= 0.3 is 0 Å². The smallest absolute Gasteiger partial charge is 0.298 e. The number of amides is 1. The first-order chi connectivity index (χ1) is 17.1. The third kappa shape index (κ3) is 6.36. The Kier molecular flexibility index (Phi) is 7.95. The highest BCUT2D eigenvalue weighted by Crippen LogP contribution is 2.29. The van der Waals surface area contributed by atoms with Crippen molar-refractivity contribution in [2.75, 3.05) is 20.8 Å². The number of methoxy groups -OCH3 is 2. The van der Waals surface area contributed by atoms with Crippen LogP contribution in [0, 0.1) is 6.92 Å². The summed E-state index contributed by atoms with van der Waals surface area (Å²) in [4.78, 5) is 17.2. The van der Waals surface area contributed by atoms with Gasteiger partial charge < -0.3 is 19.5 Å². The van der Waals surface area contributed by atoms with Crippen LogP contribution in [-0.4, -0.2) is 36.0 Å². The first-order valence-electron chi connectivity index (χ1n) is 11.2. The number of nitrogens with one attached hydrogen (secondary N) is 1. The third-order valence-electron chi connectivity index (χ3n) is 5.45. The highest BCUT2D eigenvalue weighted by atomic mass is 32.1. The fraction of sp³-hybridized carbons (Fsp3) is 0.222. The lowest BCUT2D eigenvalue weighted by molar-refractivity contribution is 0.0954. The molecule has 0 unspecified atom stereocenters. The highest BCUT2D eigenvalue weighted by Gasteiger charge is 2.13. The molecule has 0 aliphatic heterocycles. The summed E-state index contributed by atoms with van der Waals surface area (Å²) in [5.74, 6) is 2.46. The molecule has 35 heavy (non-hydrogen) atoms. The first-order valence-corrected chi connectivity index (χ1v) is 12.0. The van der Waals surface area contributed by atoms with Gasteiger partial charge in [0.2, 0.25) is 0 Å². The van der Waals surface area contributed by atoms with Gasteiger partial charge in [-0.05, 0) is 54.3 Å². The van der Waals surface area contributed by atoms with Crippen molar-refractivity contribution in [2.24, 2.45) is 0 Å². The summed E-state index contributed by atoms with van der Waals surface area (Å²) in [7, 11) is 3.21. The summed E-state index contributed by atoms with van der Waals surface area (Å²) in [5, 5.41) is 3.41. The number of hydrogen-bond acceptors (Lipinski definition) is 7. The van der Waals surface area contributed by atoms with Gasteiger partial charge in [-0.2, -0.15) is 9.36 Å². The van der Waals surface area contributed by atoms with Crippen molar-refractivity contribution in [3.63, 3.8) is 0 Å². The van der Waals surface area contributed by atoms with E-state index in [1.165, 1.54) is 11.5 Å². The third-order valence-corrected chi connectivity index (χ3v) is 6.08. The predicted octanol–water partition coefficient (Wildman–Crippen LogP) is 5.22. The van der Waals surface area contributed by atoms with Crippen LogP contribution in [0.4, 0.5) is 0 Å². The molecule has 0 atom stereocenters. The molecule has 7 nitrogen and oxygen atoms in total. The molecule has 1 aromatic heterocycles. The van der Waals surface area contributed by atoms with Gasteiger partial charge in [-0.25, -0.2) is 0 Å². The summed E-state index contributed by atoms with van der Waals surface area (Å²) in [6, 6.07) is 21.2. The number of ether oxygens (including phenoxy) is 3. The first kappa shape index (κ1) is 24.2. The van der Waals surface area contributed by atoms with Gasteiger partial charge in [-0.3, -0.25) is 4.79 Å². The summed E-state index contributed by atoms with van der Waals surface area (Å²) >= 11 is 1.20. The van der Waals surface area contributed by atoms with Gasteiger partial charge in [-0.15, -0.1) is 0 Å². The number of aryl methyl sites for hydroxylation is 1. The molecule has 180 valence electrons. The molecule has 0 spiro atoms. The maximum absolute atomic E-state index is 12.7. The van der Waals surface area contributed by atoms with Crippen LogP contribution in [0.1, 0.15) is 32.9 Å². The molecule has 8 heteroatoms. The van der Waals surface area contributed by atoms with Crippen LogP contribution >= 0.6 is 11.5 Å². The van der Waals surface area contributed by atoms with E-state index in [4.69, 9.17) is 14.2 Å². The van der Waals surface area contributed by atoms with Gasteiger partial charge in [0.25, 0.3) is 11.1 Å². The molecule has 0 saturated carbocycles. The second-order valence-electron chi connectivity index (χ2n) is 7.92. The average Bonchev–Trinajstić information content (AvgIpc) is 3.32. The summed E-state index contributed by atoms with van der Waals surface area (Å²) in [6.07, 6.45) is 1.30. The summed E-state index contributed by atoms with van der Waals surface area (Å²) < 4.78 is 21.0. The number of nitrogens with zero attached hydrogens (tertiary/aromatic N) is 2. The van der Waals surface area contributed by atoms with Crippen molar-refractivity contribution in [3.05, 3.63) is 94.8 Å². The van der Waals surface area contributed by atoms with E-state index in [0.29, 0.717) is 53.2 Å². The normalized spacial score (nSPS) is 10.6. The molecule has 1 N–H and O–H groups in total. The van der Waals surface area contributed by atoms with Gasteiger partial charge in [0.05, 0.1) is 14.2 Å². The quantitative estimate of drug-likeness (QED) is 0.329. The number of rotatable bonds is 10. The van der Waals surface area contributed by atoms with Gasteiger partial charge in [0, 0.05) is 30.1 Å². The zero-order chi connectivity index (χ0) is 24.6. The molecule has 0 fully saturated rings. The number of hydrogen-bond donors (Lipinski definition) is 1. The molecular weight excluding hydrogens is 462 g/mol. The fourth-order valence-electron chi connectivity index (χ4n) is 3.53. The Morgan fingerprint density at radius 1 is 0.914 bits per heavy atom. The van der Waals surface area contributed by atoms with E-state index in [1.54, 1.807) is 26.4 Å². The van der Waals surface area contributed by atoms with Crippen LogP contribution in [0.25, 0.3) is 0 Å². The molecule has 0 aliphatic carbocycles. The van der Waals surface area contributed by atoms with Crippen LogP contribution in [0.15, 0.2) is 66.7 Å². The van der Waals surface area contributed by atoms with Crippen LogP contribution in [0.2, 0.25) is 0 Å². The lowest BCUT2D eigenvalue weighted by atomic mass is 10.1. The van der Waals surface area contributed by atoms with E-state index < -0.39 is 0 Å². The van der Waals surface area contributed by atoms with Crippen molar-refractivity contribution < 1.29 is 19.0 Å². The standard InChI is InChI=1S/C27H27N3O4S/c1-18-9-11-21(26(31)28-14-13-20-10-12-22(32-2)24(15-20)33-3)17-23(18)34-27-29-25(30-35-27)16-19-7-5-4-6-8-19/h4-12,15,17H,13-14,16H2,1-3H3,(H,28,31). The molecule has 4 aromatic rings. The monoisotopic (exact) mass is 489 g/mol. The molecule has 4 rings (SSSR count). The Labute approximate surface area is 208 Å². The minimum absolute atomic E-state index is 0.169. The van der Waals surface area contributed by atoms with Crippen LogP contribution < -0.4 is 19.5 Å². The largest absolute Gasteiger partial charge is 0.493 e. The minimum Gasteiger partial charge on any atom is -0.493 e. The molecule has 1 heterocycles. The van der Waals surface area contributed by atoms with Gasteiger partial charge in [-0.1, -0.05) is 42.5 Å². The molecule has 0 bridgehead atoms. The molecule has 1 amide bonds. The summed E-state index contributed by atoms with van der Waals surface area (Å²) in [6.45, 7) is 2.41. The molecule has 3 aromatic carbocycles. The molecular formula is C27H27N3O4S. The fourth-order valence-corrected chi connectivity index (χ4v) is 4.10. The van der Waals surface area contributed by atoms with E-state index in [9.17, 15) is 4.79 Å². The Morgan fingerprint density at radius 2 is 1.71 bits per heavy atom. The zero-order valence-electron chi connectivity index (χ0n) is 19.9. The number of benzene rings is 3. The van der Waals surface area contributed by atoms with Crippen molar-refractivity contribution in [1.82, 2.24) is 14.7 Å². The Balaban J connectivity index is 1.36. The Hall–Kier alpha value is -3.91. The lowest BCUT2D eigenvalue weighted by Crippen LogP contribution is -2.25. The summed E-state index contributed by atoms with van der Waals surface area (Å²) in [5.41, 5.74) is 3.61. The molecule has 0 saturated heterocycles. The SMILES string of the molecule is COc1ccc(CCNC(=O)c2ccc(C)c(Oc3nc(Cc4ccccc4)ns3)c2)cc1OC. The van der Waals surface area contributed by atoms with Crippen LogP contribution in [-0.2, 0) is 12.8 Å². The predicted molar refractivity (Wildman–Crippen MR) is 136 cm³/mol. The highest BCUT2D eigenvalue weighted by molar-refractivity contribution is 7.07. The second-order valence-corrected chi connectivity index (χ2v) is 8.63. The lowest BCUT2D eigenvalue weighted by Gasteiger charge is -2.11. The maximum Gasteiger partial charge on any atom is 0.298 e. The Bertz CT molecular complexity index is 1290. The van der Waals surface area contributed by atoms with Crippen molar-refractivity contribution in [1.29, 1.82) is 0 Å². The average molecular weight is 490 g/mol. The molecule has 0 radical (unpaired) electrons. The van der Waals surface area contributed by atoms with Crippen molar-refractivity contribution in [3.8, 4) is 22.4 Å².